The number of benzene rings is 1. The average Bonchev–Trinajstić information content (AvgIpc) is 3.28. The van der Waals surface area contributed by atoms with Gasteiger partial charge < -0.3 is 9.30 Å². The third-order valence-electron chi connectivity index (χ3n) is 4.33. The van der Waals surface area contributed by atoms with Crippen LogP contribution in [0.4, 0.5) is 0 Å². The molecule has 7 nitrogen and oxygen atoms in total. The summed E-state index contributed by atoms with van der Waals surface area (Å²) in [7, 11) is 1.91. The predicted molar refractivity (Wildman–Crippen MR) is 110 cm³/mol. The summed E-state index contributed by atoms with van der Waals surface area (Å²) in [5.41, 5.74) is 2.90. The largest absolute Gasteiger partial charge is 0.485 e. The van der Waals surface area contributed by atoms with Crippen LogP contribution in [0.5, 0.6) is 5.75 Å². The van der Waals surface area contributed by atoms with Crippen LogP contribution < -0.4 is 10.3 Å². The summed E-state index contributed by atoms with van der Waals surface area (Å²) in [6.07, 6.45) is 1.73. The number of thioether (sulfide) groups is 1. The molecule has 0 atom stereocenters. The average molecular weight is 414 g/mol. The number of aryl methyl sites for hydroxylation is 2. The maximum absolute atomic E-state index is 12.1. The first kappa shape index (κ1) is 18.7. The summed E-state index contributed by atoms with van der Waals surface area (Å²) in [4.78, 5) is 17.3. The van der Waals surface area contributed by atoms with Crippen molar-refractivity contribution < 1.29 is 4.74 Å². The first-order valence-corrected chi connectivity index (χ1v) is 10.5. The lowest BCUT2D eigenvalue weighted by atomic mass is 10.1. The topological polar surface area (TPSA) is 74.3 Å². The van der Waals surface area contributed by atoms with Crippen LogP contribution in [0.1, 0.15) is 22.6 Å². The molecule has 3 heterocycles. The van der Waals surface area contributed by atoms with Crippen LogP contribution in [0.3, 0.4) is 0 Å². The van der Waals surface area contributed by atoms with Gasteiger partial charge in [-0.1, -0.05) is 23.9 Å². The predicted octanol–water partition coefficient (Wildman–Crippen LogP) is 3.37. The van der Waals surface area contributed by atoms with Gasteiger partial charge in [0.05, 0.1) is 5.69 Å². The minimum absolute atomic E-state index is 0.0672. The molecule has 4 aromatic rings. The lowest BCUT2D eigenvalue weighted by molar-refractivity contribution is 0.288. The van der Waals surface area contributed by atoms with Gasteiger partial charge in [-0.2, -0.15) is 0 Å². The van der Waals surface area contributed by atoms with Crippen LogP contribution in [-0.4, -0.2) is 24.1 Å². The second-order valence-electron chi connectivity index (χ2n) is 6.45. The summed E-state index contributed by atoms with van der Waals surface area (Å²) in [5, 5.41) is 11.1. The molecule has 0 spiro atoms. The molecule has 4 rings (SSSR count). The number of aromatic nitrogens is 5. The fourth-order valence-electron chi connectivity index (χ4n) is 2.70. The Bertz CT molecular complexity index is 1190. The molecule has 0 saturated carbocycles. The van der Waals surface area contributed by atoms with Crippen molar-refractivity contribution in [2.75, 3.05) is 0 Å². The molecule has 0 amide bonds. The minimum atomic E-state index is -0.0672. The van der Waals surface area contributed by atoms with Gasteiger partial charge in [0.1, 0.15) is 12.4 Å². The lowest BCUT2D eigenvalue weighted by Gasteiger charge is -2.09. The fraction of sp³-hybridized carbons (Fsp3) is 0.263. The normalized spacial score (nSPS) is 11.2. The van der Waals surface area contributed by atoms with Gasteiger partial charge in [0.2, 0.25) is 0 Å². The first-order valence-electron chi connectivity index (χ1n) is 8.68. The summed E-state index contributed by atoms with van der Waals surface area (Å²) in [5.74, 6) is 2.14. The van der Waals surface area contributed by atoms with Crippen LogP contribution in [0, 0.1) is 13.8 Å². The molecule has 0 bridgehead atoms. The van der Waals surface area contributed by atoms with E-state index in [-0.39, 0.29) is 5.56 Å². The Morgan fingerprint density at radius 3 is 2.93 bits per heavy atom. The molecular formula is C19H19N5O2S2. The summed E-state index contributed by atoms with van der Waals surface area (Å²) in [6.45, 7) is 4.40. The molecule has 0 aliphatic heterocycles. The molecule has 28 heavy (non-hydrogen) atoms. The molecule has 0 saturated heterocycles. The number of rotatable bonds is 6. The number of fused-ring (bicyclic) bond motifs is 1. The summed E-state index contributed by atoms with van der Waals surface area (Å²) >= 11 is 2.94. The molecule has 0 unspecified atom stereocenters. The highest BCUT2D eigenvalue weighted by atomic mass is 32.2. The standard InChI is InChI=1S/C19H19N5O2S2/c1-12-4-5-13(2)15(8-12)26-10-16-21-22-19(23(16)3)28-11-14-9-17(25)24-6-7-27-18(24)20-14/h4-9H,10-11H2,1-3H3. The molecule has 0 aliphatic carbocycles. The van der Waals surface area contributed by atoms with E-state index in [1.165, 1.54) is 23.1 Å². The number of hydrogen-bond acceptors (Lipinski definition) is 7. The highest BCUT2D eigenvalue weighted by Gasteiger charge is 2.12. The van der Waals surface area contributed by atoms with E-state index in [2.05, 4.69) is 21.2 Å². The quantitative estimate of drug-likeness (QED) is 0.451. The van der Waals surface area contributed by atoms with Crippen molar-refractivity contribution in [3.8, 4) is 5.75 Å². The zero-order chi connectivity index (χ0) is 19.7. The van der Waals surface area contributed by atoms with Gasteiger partial charge in [-0.15, -0.1) is 21.5 Å². The zero-order valence-corrected chi connectivity index (χ0v) is 17.4. The van der Waals surface area contributed by atoms with Gasteiger partial charge in [0, 0.05) is 30.4 Å². The van der Waals surface area contributed by atoms with Gasteiger partial charge >= 0.3 is 0 Å². The number of hydrogen-bond donors (Lipinski definition) is 0. The number of thiazole rings is 1. The molecule has 0 aliphatic rings. The van der Waals surface area contributed by atoms with Crippen molar-refractivity contribution in [2.24, 2.45) is 7.05 Å². The molecule has 3 aromatic heterocycles. The molecule has 144 valence electrons. The highest BCUT2D eigenvalue weighted by Crippen LogP contribution is 2.23. The Labute approximate surface area is 170 Å². The highest BCUT2D eigenvalue weighted by molar-refractivity contribution is 7.98. The van der Waals surface area contributed by atoms with Crippen LogP contribution in [0.15, 0.2) is 45.8 Å². The van der Waals surface area contributed by atoms with Crippen molar-refractivity contribution in [3.05, 3.63) is 68.8 Å². The van der Waals surface area contributed by atoms with Crippen molar-refractivity contribution in [3.63, 3.8) is 0 Å². The van der Waals surface area contributed by atoms with E-state index in [1.807, 2.05) is 43.0 Å². The Morgan fingerprint density at radius 1 is 1.21 bits per heavy atom. The summed E-state index contributed by atoms with van der Waals surface area (Å²) < 4.78 is 9.38. The van der Waals surface area contributed by atoms with Crippen LogP contribution in [-0.2, 0) is 19.4 Å². The maximum Gasteiger partial charge on any atom is 0.258 e. The molecule has 1 aromatic carbocycles. The van der Waals surface area contributed by atoms with Crippen molar-refractivity contribution in [1.29, 1.82) is 0 Å². The number of ether oxygens (including phenoxy) is 1. The van der Waals surface area contributed by atoms with E-state index in [1.54, 1.807) is 16.7 Å². The Balaban J connectivity index is 1.44. The molecule has 9 heteroatoms. The van der Waals surface area contributed by atoms with E-state index < -0.39 is 0 Å². The Kier molecular flexibility index (Phi) is 5.19. The van der Waals surface area contributed by atoms with Crippen LogP contribution in [0.2, 0.25) is 0 Å². The van der Waals surface area contributed by atoms with E-state index in [0.717, 1.165) is 33.6 Å². The molecular weight excluding hydrogens is 394 g/mol. The maximum atomic E-state index is 12.1. The third kappa shape index (κ3) is 3.81. The first-order chi connectivity index (χ1) is 13.5. The van der Waals surface area contributed by atoms with Gasteiger partial charge in [0.25, 0.3) is 5.56 Å². The Morgan fingerprint density at radius 2 is 2.07 bits per heavy atom. The van der Waals surface area contributed by atoms with Gasteiger partial charge in [-0.3, -0.25) is 9.20 Å². The second kappa shape index (κ2) is 7.76. The van der Waals surface area contributed by atoms with E-state index in [4.69, 9.17) is 4.74 Å². The van der Waals surface area contributed by atoms with Crippen molar-refractivity contribution in [2.45, 2.75) is 31.4 Å². The summed E-state index contributed by atoms with van der Waals surface area (Å²) in [6, 6.07) is 7.69. The van der Waals surface area contributed by atoms with Crippen LogP contribution in [0.25, 0.3) is 4.96 Å². The molecule has 0 radical (unpaired) electrons. The monoisotopic (exact) mass is 413 g/mol. The fourth-order valence-corrected chi connectivity index (χ4v) is 4.26. The Hall–Kier alpha value is -2.65. The van der Waals surface area contributed by atoms with Crippen molar-refractivity contribution in [1.82, 2.24) is 24.1 Å². The molecule has 0 N–H and O–H groups in total. The minimum Gasteiger partial charge on any atom is -0.485 e. The van der Waals surface area contributed by atoms with E-state index in [0.29, 0.717) is 17.3 Å². The smallest absolute Gasteiger partial charge is 0.258 e. The zero-order valence-electron chi connectivity index (χ0n) is 15.7. The molecule has 0 fully saturated rings. The van der Waals surface area contributed by atoms with Crippen LogP contribution >= 0.6 is 23.1 Å². The number of nitrogens with zero attached hydrogens (tertiary/aromatic N) is 5. The lowest BCUT2D eigenvalue weighted by Crippen LogP contribution is -2.12. The SMILES string of the molecule is Cc1ccc(C)c(OCc2nnc(SCc3cc(=O)n4ccsc4n3)n2C)c1. The van der Waals surface area contributed by atoms with Gasteiger partial charge in [-0.05, 0) is 31.0 Å². The van der Waals surface area contributed by atoms with Crippen molar-refractivity contribution >= 4 is 28.1 Å². The van der Waals surface area contributed by atoms with Gasteiger partial charge in [-0.25, -0.2) is 4.98 Å². The third-order valence-corrected chi connectivity index (χ3v) is 6.14. The second-order valence-corrected chi connectivity index (χ2v) is 8.26. The van der Waals surface area contributed by atoms with E-state index in [9.17, 15) is 4.79 Å². The van der Waals surface area contributed by atoms with E-state index >= 15 is 0 Å². The van der Waals surface area contributed by atoms with Gasteiger partial charge in [0.15, 0.2) is 15.9 Å².